The third-order valence-electron chi connectivity index (χ3n) is 4.13. The number of hydrogen-bond donors (Lipinski definition) is 1. The molecule has 0 amide bonds. The molecule has 0 bridgehead atoms. The lowest BCUT2D eigenvalue weighted by Gasteiger charge is -2.44. The van der Waals surface area contributed by atoms with Gasteiger partial charge in [-0.1, -0.05) is 19.3 Å². The maximum absolute atomic E-state index is 5.66. The Bertz CT molecular complexity index is 277. The van der Waals surface area contributed by atoms with Crippen LogP contribution in [0.2, 0.25) is 0 Å². The second kappa shape index (κ2) is 4.77. The van der Waals surface area contributed by atoms with E-state index in [4.69, 9.17) is 6.42 Å². The number of hydrogen-bond acceptors (Lipinski definition) is 2. The number of nitrogens with zero attached hydrogens (tertiary/aromatic N) is 1. The Hall–Kier alpha value is -0.520. The highest BCUT2D eigenvalue weighted by atomic mass is 15.2. The lowest BCUT2D eigenvalue weighted by Crippen LogP contribution is -2.61. The van der Waals surface area contributed by atoms with Crippen LogP contribution in [-0.4, -0.2) is 36.1 Å². The van der Waals surface area contributed by atoms with Crippen LogP contribution in [-0.2, 0) is 0 Å². The lowest BCUT2D eigenvalue weighted by atomic mass is 9.91. The molecule has 0 aromatic heterocycles. The van der Waals surface area contributed by atoms with Gasteiger partial charge in [0.15, 0.2) is 0 Å². The normalized spacial score (nSPS) is 33.3. The minimum absolute atomic E-state index is 0.321. The number of terminal acetylenes is 1. The van der Waals surface area contributed by atoms with Gasteiger partial charge in [0, 0.05) is 25.2 Å². The Labute approximate surface area is 99.8 Å². The Morgan fingerprint density at radius 1 is 1.56 bits per heavy atom. The van der Waals surface area contributed by atoms with Crippen LogP contribution in [0.15, 0.2) is 0 Å². The molecule has 1 N–H and O–H groups in total. The summed E-state index contributed by atoms with van der Waals surface area (Å²) in [5, 5.41) is 3.70. The molecular formula is C14H24N2. The summed E-state index contributed by atoms with van der Waals surface area (Å²) in [7, 11) is 0. The quantitative estimate of drug-likeness (QED) is 0.728. The molecule has 2 rings (SSSR count). The van der Waals surface area contributed by atoms with Crippen LogP contribution >= 0.6 is 0 Å². The second-order valence-electron chi connectivity index (χ2n) is 5.56. The maximum Gasteiger partial charge on any atom is 0.0712 e. The minimum atomic E-state index is 0.321. The van der Waals surface area contributed by atoms with E-state index in [2.05, 4.69) is 30.0 Å². The van der Waals surface area contributed by atoms with Gasteiger partial charge in [0.25, 0.3) is 0 Å². The monoisotopic (exact) mass is 220 g/mol. The van der Waals surface area contributed by atoms with Crippen molar-refractivity contribution >= 4 is 0 Å². The highest BCUT2D eigenvalue weighted by molar-refractivity contribution is 5.07. The summed E-state index contributed by atoms with van der Waals surface area (Å²) in [5.41, 5.74) is 0.321. The van der Waals surface area contributed by atoms with Crippen LogP contribution in [0.25, 0.3) is 0 Å². The van der Waals surface area contributed by atoms with Crippen molar-refractivity contribution in [3.63, 3.8) is 0 Å². The molecule has 1 aliphatic carbocycles. The van der Waals surface area contributed by atoms with E-state index in [1.165, 1.54) is 19.3 Å². The fourth-order valence-electron chi connectivity index (χ4n) is 2.95. The van der Waals surface area contributed by atoms with Crippen LogP contribution in [0.3, 0.4) is 0 Å². The molecule has 1 heterocycles. The fourth-order valence-corrected chi connectivity index (χ4v) is 2.95. The smallest absolute Gasteiger partial charge is 0.0712 e. The van der Waals surface area contributed by atoms with Gasteiger partial charge in [-0.05, 0) is 32.1 Å². The maximum atomic E-state index is 5.66. The van der Waals surface area contributed by atoms with E-state index in [1.807, 2.05) is 0 Å². The van der Waals surface area contributed by atoms with Crippen molar-refractivity contribution < 1.29 is 0 Å². The van der Waals surface area contributed by atoms with Crippen molar-refractivity contribution in [3.8, 4) is 12.3 Å². The first-order valence-corrected chi connectivity index (χ1v) is 6.65. The average Bonchev–Trinajstić information content (AvgIpc) is 3.10. The SMILES string of the molecule is C#CC(CCC)N1CCNC(C)(C2CC2)C1. The first-order valence-electron chi connectivity index (χ1n) is 6.65. The molecule has 1 aliphatic heterocycles. The Balaban J connectivity index is 1.97. The largest absolute Gasteiger partial charge is 0.309 e. The summed E-state index contributed by atoms with van der Waals surface area (Å²) in [5.74, 6) is 3.85. The molecule has 2 fully saturated rings. The molecule has 16 heavy (non-hydrogen) atoms. The summed E-state index contributed by atoms with van der Waals surface area (Å²) < 4.78 is 0. The van der Waals surface area contributed by atoms with Crippen LogP contribution in [0, 0.1) is 18.3 Å². The van der Waals surface area contributed by atoms with Gasteiger partial charge < -0.3 is 5.32 Å². The molecule has 1 saturated carbocycles. The van der Waals surface area contributed by atoms with Crippen LogP contribution in [0.1, 0.15) is 39.5 Å². The second-order valence-corrected chi connectivity index (χ2v) is 5.56. The van der Waals surface area contributed by atoms with Crippen molar-refractivity contribution in [1.29, 1.82) is 0 Å². The van der Waals surface area contributed by atoms with E-state index in [0.717, 1.165) is 32.0 Å². The first-order chi connectivity index (χ1) is 7.69. The van der Waals surface area contributed by atoms with Gasteiger partial charge in [-0.2, -0.15) is 0 Å². The summed E-state index contributed by atoms with van der Waals surface area (Å²) >= 11 is 0. The van der Waals surface area contributed by atoms with Crippen molar-refractivity contribution in [3.05, 3.63) is 0 Å². The molecule has 0 aromatic rings. The van der Waals surface area contributed by atoms with E-state index in [0.29, 0.717) is 11.6 Å². The molecule has 90 valence electrons. The molecule has 0 radical (unpaired) electrons. The topological polar surface area (TPSA) is 15.3 Å². The van der Waals surface area contributed by atoms with E-state index in [-0.39, 0.29) is 0 Å². The van der Waals surface area contributed by atoms with Gasteiger partial charge in [0.1, 0.15) is 0 Å². The predicted molar refractivity (Wildman–Crippen MR) is 68.2 cm³/mol. The third kappa shape index (κ3) is 2.42. The van der Waals surface area contributed by atoms with Crippen LogP contribution in [0.5, 0.6) is 0 Å². The highest BCUT2D eigenvalue weighted by Gasteiger charge is 2.44. The average molecular weight is 220 g/mol. The summed E-state index contributed by atoms with van der Waals surface area (Å²) in [4.78, 5) is 2.51. The standard InChI is InChI=1S/C14H24N2/c1-4-6-13(5-2)16-10-9-15-14(3,11-16)12-7-8-12/h2,12-13,15H,4,6-11H2,1,3H3. The van der Waals surface area contributed by atoms with Crippen molar-refractivity contribution in [2.24, 2.45) is 5.92 Å². The van der Waals surface area contributed by atoms with Crippen molar-refractivity contribution in [2.75, 3.05) is 19.6 Å². The molecule has 2 unspecified atom stereocenters. The minimum Gasteiger partial charge on any atom is -0.309 e. The van der Waals surface area contributed by atoms with Gasteiger partial charge in [-0.3, -0.25) is 4.90 Å². The molecule has 2 aliphatic rings. The summed E-state index contributed by atoms with van der Waals surface area (Å²) in [6, 6.07) is 0.352. The van der Waals surface area contributed by atoms with Gasteiger partial charge in [-0.25, -0.2) is 0 Å². The molecular weight excluding hydrogens is 196 g/mol. The van der Waals surface area contributed by atoms with E-state index < -0.39 is 0 Å². The van der Waals surface area contributed by atoms with Crippen molar-refractivity contribution in [2.45, 2.75) is 51.1 Å². The Morgan fingerprint density at radius 2 is 2.31 bits per heavy atom. The Morgan fingerprint density at radius 3 is 2.88 bits per heavy atom. The zero-order valence-corrected chi connectivity index (χ0v) is 10.6. The molecule has 2 heteroatoms. The number of piperazine rings is 1. The number of nitrogens with one attached hydrogen (secondary N) is 1. The predicted octanol–water partition coefficient (Wildman–Crippen LogP) is 1.86. The van der Waals surface area contributed by atoms with E-state index in [1.54, 1.807) is 0 Å². The van der Waals surface area contributed by atoms with Gasteiger partial charge in [0.2, 0.25) is 0 Å². The molecule has 2 atom stereocenters. The van der Waals surface area contributed by atoms with E-state index >= 15 is 0 Å². The molecule has 0 spiro atoms. The van der Waals surface area contributed by atoms with Crippen LogP contribution < -0.4 is 5.32 Å². The first kappa shape index (κ1) is 12.0. The van der Waals surface area contributed by atoms with Gasteiger partial charge in [0.05, 0.1) is 6.04 Å². The zero-order chi connectivity index (χ0) is 11.6. The van der Waals surface area contributed by atoms with Crippen molar-refractivity contribution in [1.82, 2.24) is 10.2 Å². The lowest BCUT2D eigenvalue weighted by molar-refractivity contribution is 0.104. The van der Waals surface area contributed by atoms with Gasteiger partial charge in [-0.15, -0.1) is 6.42 Å². The summed E-state index contributed by atoms with van der Waals surface area (Å²) in [6.45, 7) is 7.92. The molecule has 1 saturated heterocycles. The van der Waals surface area contributed by atoms with Crippen LogP contribution in [0.4, 0.5) is 0 Å². The molecule has 2 nitrogen and oxygen atoms in total. The highest BCUT2D eigenvalue weighted by Crippen LogP contribution is 2.41. The fraction of sp³-hybridized carbons (Fsp3) is 0.857. The molecule has 0 aromatic carbocycles. The summed E-state index contributed by atoms with van der Waals surface area (Å²) in [6.07, 6.45) is 10.8. The number of rotatable bonds is 4. The van der Waals surface area contributed by atoms with Gasteiger partial charge >= 0.3 is 0 Å². The Kier molecular flexibility index (Phi) is 3.56. The third-order valence-corrected chi connectivity index (χ3v) is 4.13. The van der Waals surface area contributed by atoms with E-state index in [9.17, 15) is 0 Å². The zero-order valence-electron chi connectivity index (χ0n) is 10.6.